The van der Waals surface area contributed by atoms with Gasteiger partial charge in [0.2, 0.25) is 0 Å². The molecule has 0 aromatic heterocycles. The summed E-state index contributed by atoms with van der Waals surface area (Å²) in [7, 11) is 0. The Hall–Kier alpha value is 0.766. The molecular formula is C12H26Mg. The van der Waals surface area contributed by atoms with Crippen molar-refractivity contribution >= 4 is 20.4 Å². The smallest absolute Gasteiger partial charge is 0.143 e. The minimum atomic E-state index is 0.161. The Morgan fingerprint density at radius 2 is 1.85 bits per heavy atom. The van der Waals surface area contributed by atoms with Crippen LogP contribution in [0.2, 0.25) is 8.09 Å². The van der Waals surface area contributed by atoms with Gasteiger partial charge in [-0.3, -0.25) is 0 Å². The highest BCUT2D eigenvalue weighted by Gasteiger charge is 2.23. The lowest BCUT2D eigenvalue weighted by atomic mass is 10.00. The summed E-state index contributed by atoms with van der Waals surface area (Å²) in [4.78, 5) is 0. The monoisotopic (exact) mass is 194 g/mol. The van der Waals surface area contributed by atoms with Gasteiger partial charge in [0.25, 0.3) is 0 Å². The molecule has 0 spiro atoms. The van der Waals surface area contributed by atoms with Crippen LogP contribution in [0, 0.1) is 5.92 Å². The van der Waals surface area contributed by atoms with E-state index in [1.165, 1.54) is 30.2 Å². The zero-order valence-corrected chi connectivity index (χ0v) is 11.7. The average molecular weight is 195 g/mol. The van der Waals surface area contributed by atoms with Gasteiger partial charge in [0.1, 0.15) is 0 Å². The second-order valence-corrected chi connectivity index (χ2v) is 7.98. The van der Waals surface area contributed by atoms with Crippen molar-refractivity contribution in [3.8, 4) is 0 Å². The first-order valence-corrected chi connectivity index (χ1v) is 7.74. The quantitative estimate of drug-likeness (QED) is 0.522. The summed E-state index contributed by atoms with van der Waals surface area (Å²) in [5.41, 5.74) is 0. The first-order valence-electron chi connectivity index (χ1n) is 6.04. The first-order chi connectivity index (χ1) is 6.04. The lowest BCUT2D eigenvalue weighted by molar-refractivity contribution is 0.502. The van der Waals surface area contributed by atoms with Crippen molar-refractivity contribution in [3.05, 3.63) is 0 Å². The van der Waals surface area contributed by atoms with Crippen molar-refractivity contribution in [3.63, 3.8) is 0 Å². The molecule has 1 atom stereocenters. The zero-order chi connectivity index (χ0) is 10.3. The molecule has 0 heterocycles. The van der Waals surface area contributed by atoms with Gasteiger partial charge in [-0.1, -0.05) is 66.2 Å². The number of hydrogen-bond acceptors (Lipinski definition) is 0. The maximum absolute atomic E-state index is 2.53. The van der Waals surface area contributed by atoms with Gasteiger partial charge in [-0.2, -0.15) is 0 Å². The van der Waals surface area contributed by atoms with Crippen LogP contribution >= 0.6 is 0 Å². The summed E-state index contributed by atoms with van der Waals surface area (Å²) in [5.74, 6) is 0.930. The second-order valence-electron chi connectivity index (χ2n) is 5.20. The molecule has 0 radical (unpaired) electrons. The molecule has 0 amide bonds. The largest absolute Gasteiger partial charge is 0.373 e. The highest BCUT2D eigenvalue weighted by molar-refractivity contribution is 6.39. The van der Waals surface area contributed by atoms with Crippen LogP contribution in [0.25, 0.3) is 0 Å². The summed E-state index contributed by atoms with van der Waals surface area (Å²) in [6.07, 6.45) is 5.70. The van der Waals surface area contributed by atoms with Gasteiger partial charge in [-0.05, 0) is 0 Å². The zero-order valence-electron chi connectivity index (χ0n) is 10.3. The molecule has 0 aliphatic rings. The number of rotatable bonds is 7. The van der Waals surface area contributed by atoms with Crippen molar-refractivity contribution in [2.45, 2.75) is 68.4 Å². The van der Waals surface area contributed by atoms with E-state index in [4.69, 9.17) is 0 Å². The Balaban J connectivity index is 3.81. The summed E-state index contributed by atoms with van der Waals surface area (Å²) >= 11 is 0.161. The maximum atomic E-state index is 2.53. The molecule has 0 aromatic carbocycles. The van der Waals surface area contributed by atoms with E-state index in [9.17, 15) is 0 Å². The van der Waals surface area contributed by atoms with E-state index in [-0.39, 0.29) is 20.4 Å². The molecule has 0 saturated carbocycles. The molecule has 0 aromatic rings. The predicted molar refractivity (Wildman–Crippen MR) is 63.6 cm³/mol. The Kier molecular flexibility index (Phi) is 7.53. The lowest BCUT2D eigenvalue weighted by Gasteiger charge is -2.28. The highest BCUT2D eigenvalue weighted by atomic mass is 24.5. The minimum absolute atomic E-state index is 0.161. The van der Waals surface area contributed by atoms with Crippen LogP contribution in [0.1, 0.15) is 60.3 Å². The molecule has 76 valence electrons. The van der Waals surface area contributed by atoms with Gasteiger partial charge in [-0.15, -0.1) is 8.09 Å². The van der Waals surface area contributed by atoms with Crippen molar-refractivity contribution in [2.24, 2.45) is 5.92 Å². The summed E-state index contributed by atoms with van der Waals surface area (Å²) in [6, 6.07) is 0. The van der Waals surface area contributed by atoms with Gasteiger partial charge in [-0.25, -0.2) is 0 Å². The first kappa shape index (κ1) is 13.8. The van der Waals surface area contributed by atoms with E-state index in [1.54, 1.807) is 0 Å². The normalized spacial score (nSPS) is 15.5. The van der Waals surface area contributed by atoms with Crippen LogP contribution < -0.4 is 0 Å². The van der Waals surface area contributed by atoms with Crippen LogP contribution in [-0.4, -0.2) is 20.4 Å². The maximum Gasteiger partial charge on any atom is 0.373 e. The van der Waals surface area contributed by atoms with Crippen LogP contribution in [0.5, 0.6) is 0 Å². The molecule has 1 heteroatoms. The Morgan fingerprint density at radius 3 is 2.23 bits per heavy atom. The Labute approximate surface area is 94.6 Å². The molecule has 0 saturated heterocycles. The van der Waals surface area contributed by atoms with Gasteiger partial charge < -0.3 is 0 Å². The molecule has 0 aliphatic carbocycles. The van der Waals surface area contributed by atoms with Crippen LogP contribution in [0.15, 0.2) is 0 Å². The fraction of sp³-hybridized carbons (Fsp3) is 1.00. The molecule has 0 bridgehead atoms. The van der Waals surface area contributed by atoms with E-state index in [1.807, 2.05) is 0 Å². The molecule has 0 fully saturated rings. The van der Waals surface area contributed by atoms with Gasteiger partial charge in [0.05, 0.1) is 0 Å². The molecule has 0 rings (SSSR count). The number of unbranched alkanes of at least 4 members (excludes halogenated alkanes) is 1. The highest BCUT2D eigenvalue weighted by Crippen LogP contribution is 2.36. The summed E-state index contributed by atoms with van der Waals surface area (Å²) in [5, 5.41) is 0. The summed E-state index contributed by atoms with van der Waals surface area (Å²) < 4.78 is 2.30. The van der Waals surface area contributed by atoms with Crippen molar-refractivity contribution < 1.29 is 0 Å². The van der Waals surface area contributed by atoms with E-state index < -0.39 is 0 Å². The van der Waals surface area contributed by atoms with E-state index in [0.29, 0.717) is 0 Å². The van der Waals surface area contributed by atoms with Gasteiger partial charge in [0, 0.05) is 0 Å². The topological polar surface area (TPSA) is 0 Å². The lowest BCUT2D eigenvalue weighted by Crippen LogP contribution is -2.17. The average Bonchev–Trinajstić information content (AvgIpc) is 2.11. The van der Waals surface area contributed by atoms with Crippen LogP contribution in [0.4, 0.5) is 0 Å². The van der Waals surface area contributed by atoms with Crippen molar-refractivity contribution in [1.82, 2.24) is 0 Å². The third kappa shape index (κ3) is 6.79. The van der Waals surface area contributed by atoms with E-state index >= 15 is 0 Å². The minimum Gasteiger partial charge on any atom is -0.143 e. The van der Waals surface area contributed by atoms with Crippen molar-refractivity contribution in [1.29, 1.82) is 0 Å². The van der Waals surface area contributed by atoms with Gasteiger partial charge >= 0.3 is 20.4 Å². The predicted octanol–water partition coefficient (Wildman–Crippen LogP) is 4.54. The summed E-state index contributed by atoms with van der Waals surface area (Å²) in [6.45, 7) is 11.9. The van der Waals surface area contributed by atoms with Crippen LogP contribution in [0.3, 0.4) is 0 Å². The van der Waals surface area contributed by atoms with Crippen molar-refractivity contribution in [2.75, 3.05) is 0 Å². The molecular weight excluding hydrogens is 168 g/mol. The van der Waals surface area contributed by atoms with E-state index in [2.05, 4.69) is 34.6 Å². The molecule has 0 N–H and O–H groups in total. The number of hydrogen-bond donors (Lipinski definition) is 0. The van der Waals surface area contributed by atoms with Crippen LogP contribution in [-0.2, 0) is 0 Å². The molecule has 0 nitrogen and oxygen atoms in total. The second kappa shape index (κ2) is 7.11. The molecule has 13 heavy (non-hydrogen) atoms. The third-order valence-electron chi connectivity index (χ3n) is 3.31. The molecule has 0 aliphatic heterocycles. The third-order valence-corrected chi connectivity index (χ3v) is 6.82. The standard InChI is InChI=1S/C8H17.C4H9.Mg/c1-4-6-7-8(3)5-2;1-4(2)3;/h4-7H2,1-3H3;4H,1H2,2-3H3;. The van der Waals surface area contributed by atoms with E-state index in [0.717, 1.165) is 9.46 Å². The fourth-order valence-electron chi connectivity index (χ4n) is 1.72. The molecule has 1 unspecified atom stereocenters. The SMILES string of the molecule is CCCC[C](C)(CC)[Mg][CH2]C(C)C. The Bertz CT molecular complexity index is 120. The fourth-order valence-corrected chi connectivity index (χ4v) is 3.85. The van der Waals surface area contributed by atoms with Gasteiger partial charge in [0.15, 0.2) is 0 Å². The Morgan fingerprint density at radius 1 is 1.23 bits per heavy atom.